The Hall–Kier alpha value is -4.17. The van der Waals surface area contributed by atoms with Gasteiger partial charge in [0.05, 0.1) is 7.11 Å². The van der Waals surface area contributed by atoms with Crippen molar-refractivity contribution in [3.8, 4) is 11.1 Å². The average Bonchev–Trinajstić information content (AvgIpc) is 3.01. The van der Waals surface area contributed by atoms with Gasteiger partial charge in [0.15, 0.2) is 0 Å². The van der Waals surface area contributed by atoms with Crippen LogP contribution in [0.4, 0.5) is 4.79 Å². The topological polar surface area (TPSA) is 97.0 Å². The van der Waals surface area contributed by atoms with Crippen LogP contribution < -0.4 is 10.6 Å². The van der Waals surface area contributed by atoms with E-state index >= 15 is 0 Å². The predicted octanol–water partition coefficient (Wildman–Crippen LogP) is 5.14. The number of rotatable bonds is 16. The summed E-state index contributed by atoms with van der Waals surface area (Å²) in [5, 5.41) is 5.62. The summed E-state index contributed by atoms with van der Waals surface area (Å²) < 4.78 is 10.1. The second kappa shape index (κ2) is 17.6. The number of aryl methyl sites for hydroxylation is 2. The Morgan fingerprint density at radius 3 is 2.00 bits per heavy atom. The number of carbonyl (C=O) groups is 3. The minimum absolute atomic E-state index is 0.164. The molecular formula is C34H43N3O5. The maximum Gasteiger partial charge on any atom is 0.407 e. The number of unbranched alkanes of at least 4 members (excludes halogenated alkanes) is 1. The highest BCUT2D eigenvalue weighted by atomic mass is 16.5. The van der Waals surface area contributed by atoms with E-state index in [4.69, 9.17) is 9.47 Å². The molecule has 2 N–H and O–H groups in total. The number of hydrogen-bond acceptors (Lipinski definition) is 6. The Bertz CT molecular complexity index is 1240. The van der Waals surface area contributed by atoms with E-state index in [9.17, 15) is 14.4 Å². The second-order valence-corrected chi connectivity index (χ2v) is 10.6. The van der Waals surface area contributed by atoms with Crippen LogP contribution in [0.2, 0.25) is 0 Å². The fourth-order valence-corrected chi connectivity index (χ4v) is 4.45. The summed E-state index contributed by atoms with van der Waals surface area (Å²) in [6, 6.07) is 25.7. The molecule has 0 heterocycles. The average molecular weight is 574 g/mol. The molecular weight excluding hydrogens is 530 g/mol. The Labute approximate surface area is 249 Å². The summed E-state index contributed by atoms with van der Waals surface area (Å²) in [7, 11) is 5.18. The van der Waals surface area contributed by atoms with Gasteiger partial charge >= 0.3 is 12.1 Å². The van der Waals surface area contributed by atoms with Gasteiger partial charge < -0.3 is 25.0 Å². The van der Waals surface area contributed by atoms with E-state index in [0.29, 0.717) is 32.4 Å². The number of nitrogens with zero attached hydrogens (tertiary/aromatic N) is 1. The van der Waals surface area contributed by atoms with Crippen LogP contribution in [0.25, 0.3) is 11.1 Å². The first-order valence-electron chi connectivity index (χ1n) is 14.5. The quantitative estimate of drug-likeness (QED) is 0.182. The molecule has 0 aliphatic rings. The monoisotopic (exact) mass is 573 g/mol. The number of alkyl carbamates (subject to hydrolysis) is 1. The molecule has 0 aromatic heterocycles. The number of ether oxygens (including phenoxy) is 2. The lowest BCUT2D eigenvalue weighted by Crippen LogP contribution is -2.43. The van der Waals surface area contributed by atoms with Crippen LogP contribution in [-0.2, 0) is 38.5 Å². The van der Waals surface area contributed by atoms with Gasteiger partial charge in [0.25, 0.3) is 0 Å². The molecule has 8 nitrogen and oxygen atoms in total. The van der Waals surface area contributed by atoms with Crippen LogP contribution in [-0.4, -0.2) is 63.2 Å². The lowest BCUT2D eigenvalue weighted by Gasteiger charge is -2.18. The standard InChI is InChI=1S/C34H43N3O5/c1-37(2)24-22-31(33(39)41-3)36-32(38)21-16-27-14-19-30(20-15-27)29-17-12-26(13-18-29)9-7-8-23-35-34(40)42-25-28-10-5-4-6-11-28/h4-6,10-15,17-20,31H,7-9,16,21-25H2,1-3H3,(H,35,40)(H,36,38)/t31-/m0/s1. The largest absolute Gasteiger partial charge is 0.467 e. The zero-order chi connectivity index (χ0) is 30.2. The molecule has 0 spiro atoms. The highest BCUT2D eigenvalue weighted by Gasteiger charge is 2.21. The van der Waals surface area contributed by atoms with Crippen molar-refractivity contribution in [2.45, 2.75) is 51.2 Å². The van der Waals surface area contributed by atoms with Crippen LogP contribution in [0.1, 0.15) is 42.4 Å². The zero-order valence-electron chi connectivity index (χ0n) is 24.9. The minimum Gasteiger partial charge on any atom is -0.467 e. The maximum absolute atomic E-state index is 12.5. The number of benzene rings is 3. The minimum atomic E-state index is -0.638. The molecule has 0 aliphatic heterocycles. The SMILES string of the molecule is COC(=O)[C@H](CCN(C)C)NC(=O)CCc1ccc(-c2ccc(CCCCNC(=O)OCc3ccccc3)cc2)cc1. The summed E-state index contributed by atoms with van der Waals surface area (Å²) in [5.74, 6) is -0.586. The molecule has 1 atom stereocenters. The van der Waals surface area contributed by atoms with E-state index in [1.807, 2.05) is 61.5 Å². The van der Waals surface area contributed by atoms with E-state index < -0.39 is 12.0 Å². The highest BCUT2D eigenvalue weighted by Crippen LogP contribution is 2.21. The third kappa shape index (κ3) is 11.7. The number of amides is 2. The normalized spacial score (nSPS) is 11.5. The fraction of sp³-hybridized carbons (Fsp3) is 0.382. The van der Waals surface area contributed by atoms with Gasteiger partial charge in [-0.05, 0) is 74.0 Å². The lowest BCUT2D eigenvalue weighted by molar-refractivity contribution is -0.145. The zero-order valence-corrected chi connectivity index (χ0v) is 24.9. The van der Waals surface area contributed by atoms with Gasteiger partial charge in [0.2, 0.25) is 5.91 Å². The van der Waals surface area contributed by atoms with Gasteiger partial charge in [-0.3, -0.25) is 4.79 Å². The Kier molecular flexibility index (Phi) is 13.6. The molecule has 0 saturated heterocycles. The van der Waals surface area contributed by atoms with Crippen molar-refractivity contribution in [1.82, 2.24) is 15.5 Å². The summed E-state index contributed by atoms with van der Waals surface area (Å²) in [4.78, 5) is 38.3. The number of hydrogen-bond donors (Lipinski definition) is 2. The molecule has 0 saturated carbocycles. The molecule has 2 amide bonds. The van der Waals surface area contributed by atoms with Crippen molar-refractivity contribution >= 4 is 18.0 Å². The van der Waals surface area contributed by atoms with E-state index in [0.717, 1.165) is 41.5 Å². The highest BCUT2D eigenvalue weighted by molar-refractivity contribution is 5.84. The number of nitrogens with one attached hydrogen (secondary N) is 2. The molecule has 224 valence electrons. The Morgan fingerprint density at radius 2 is 1.40 bits per heavy atom. The predicted molar refractivity (Wildman–Crippen MR) is 165 cm³/mol. The van der Waals surface area contributed by atoms with Gasteiger partial charge in [0, 0.05) is 19.5 Å². The van der Waals surface area contributed by atoms with Crippen LogP contribution in [0.5, 0.6) is 0 Å². The van der Waals surface area contributed by atoms with Crippen molar-refractivity contribution < 1.29 is 23.9 Å². The third-order valence-electron chi connectivity index (χ3n) is 6.94. The van der Waals surface area contributed by atoms with E-state index in [2.05, 4.69) is 47.0 Å². The molecule has 0 fully saturated rings. The molecule has 8 heteroatoms. The maximum atomic E-state index is 12.5. The van der Waals surface area contributed by atoms with Crippen LogP contribution in [0.3, 0.4) is 0 Å². The second-order valence-electron chi connectivity index (χ2n) is 10.6. The molecule has 3 aromatic rings. The number of carbonyl (C=O) groups excluding carboxylic acids is 3. The van der Waals surface area contributed by atoms with Crippen LogP contribution in [0.15, 0.2) is 78.9 Å². The van der Waals surface area contributed by atoms with Crippen molar-refractivity contribution in [2.75, 3.05) is 34.3 Å². The first-order valence-corrected chi connectivity index (χ1v) is 14.5. The Morgan fingerprint density at radius 1 is 0.786 bits per heavy atom. The van der Waals surface area contributed by atoms with Gasteiger partial charge in [-0.25, -0.2) is 9.59 Å². The summed E-state index contributed by atoms with van der Waals surface area (Å²) in [5.41, 5.74) is 5.53. The van der Waals surface area contributed by atoms with Crippen molar-refractivity contribution in [2.24, 2.45) is 0 Å². The fourth-order valence-electron chi connectivity index (χ4n) is 4.45. The van der Waals surface area contributed by atoms with Gasteiger partial charge in [-0.15, -0.1) is 0 Å². The Balaban J connectivity index is 1.35. The third-order valence-corrected chi connectivity index (χ3v) is 6.94. The van der Waals surface area contributed by atoms with E-state index in [1.54, 1.807) is 0 Å². The summed E-state index contributed by atoms with van der Waals surface area (Å²) in [6.45, 7) is 1.53. The van der Waals surface area contributed by atoms with Crippen molar-refractivity contribution in [1.29, 1.82) is 0 Å². The molecule has 3 rings (SSSR count). The van der Waals surface area contributed by atoms with E-state index in [-0.39, 0.29) is 18.6 Å². The summed E-state index contributed by atoms with van der Waals surface area (Å²) in [6.07, 6.45) is 3.79. The lowest BCUT2D eigenvalue weighted by atomic mass is 9.99. The van der Waals surface area contributed by atoms with E-state index in [1.165, 1.54) is 12.7 Å². The van der Waals surface area contributed by atoms with Crippen LogP contribution >= 0.6 is 0 Å². The first kappa shape index (κ1) is 32.3. The summed E-state index contributed by atoms with van der Waals surface area (Å²) >= 11 is 0. The van der Waals surface area contributed by atoms with Gasteiger partial charge in [-0.2, -0.15) is 0 Å². The molecule has 42 heavy (non-hydrogen) atoms. The van der Waals surface area contributed by atoms with Gasteiger partial charge in [0.1, 0.15) is 12.6 Å². The van der Waals surface area contributed by atoms with Crippen LogP contribution in [0, 0.1) is 0 Å². The molecule has 0 aliphatic carbocycles. The smallest absolute Gasteiger partial charge is 0.407 e. The molecule has 0 radical (unpaired) electrons. The number of esters is 1. The molecule has 0 bridgehead atoms. The molecule has 3 aromatic carbocycles. The van der Waals surface area contributed by atoms with Gasteiger partial charge in [-0.1, -0.05) is 78.9 Å². The van der Waals surface area contributed by atoms with Crippen molar-refractivity contribution in [3.63, 3.8) is 0 Å². The van der Waals surface area contributed by atoms with Crippen molar-refractivity contribution in [3.05, 3.63) is 95.6 Å². The number of methoxy groups -OCH3 is 1. The molecule has 0 unspecified atom stereocenters. The first-order chi connectivity index (χ1) is 20.3.